The van der Waals surface area contributed by atoms with Crippen LogP contribution in [0.4, 0.5) is 5.82 Å². The normalized spacial score (nSPS) is 12.4. The number of hydrogen-bond donors (Lipinski definition) is 2. The molecule has 0 aliphatic rings. The molecule has 1 unspecified atom stereocenters. The largest absolute Gasteiger partial charge is 0.383 e. The van der Waals surface area contributed by atoms with E-state index in [0.29, 0.717) is 17.2 Å². The van der Waals surface area contributed by atoms with Crippen molar-refractivity contribution in [2.45, 2.75) is 13.0 Å². The lowest BCUT2D eigenvalue weighted by Crippen LogP contribution is -2.08. The molecule has 16 heavy (non-hydrogen) atoms. The third-order valence-corrected chi connectivity index (χ3v) is 2.21. The summed E-state index contributed by atoms with van der Waals surface area (Å²) in [6.07, 6.45) is 3.86. The Bertz CT molecular complexity index is 487. The fourth-order valence-corrected chi connectivity index (χ4v) is 1.41. The lowest BCUT2D eigenvalue weighted by molar-refractivity contribution is 0.210. The smallest absolute Gasteiger partial charge is 0.161 e. The zero-order valence-electron chi connectivity index (χ0n) is 8.83. The first kappa shape index (κ1) is 10.5. The highest BCUT2D eigenvalue weighted by molar-refractivity contribution is 5.44. The molecule has 2 heterocycles. The fourth-order valence-electron chi connectivity index (χ4n) is 1.41. The molecule has 0 amide bonds. The van der Waals surface area contributed by atoms with Crippen molar-refractivity contribution in [3.8, 4) is 0 Å². The van der Waals surface area contributed by atoms with E-state index in [4.69, 9.17) is 5.73 Å². The molecule has 2 aromatic heterocycles. The predicted molar refractivity (Wildman–Crippen MR) is 59.5 cm³/mol. The molecule has 3 N–H and O–H groups in total. The van der Waals surface area contributed by atoms with Crippen LogP contribution in [0.2, 0.25) is 0 Å². The van der Waals surface area contributed by atoms with Gasteiger partial charge in [0, 0.05) is 24.2 Å². The first-order valence-corrected chi connectivity index (χ1v) is 4.85. The summed E-state index contributed by atoms with van der Waals surface area (Å²) < 4.78 is 0. The Kier molecular flexibility index (Phi) is 2.78. The van der Waals surface area contributed by atoms with Crippen LogP contribution in [0.5, 0.6) is 0 Å². The second-order valence-electron chi connectivity index (χ2n) is 3.50. The number of rotatable bonds is 2. The van der Waals surface area contributed by atoms with Crippen LogP contribution >= 0.6 is 0 Å². The number of nitrogens with two attached hydrogens (primary N) is 1. The average molecular weight is 216 g/mol. The second-order valence-corrected chi connectivity index (χ2v) is 3.50. The van der Waals surface area contributed by atoms with Crippen molar-refractivity contribution in [1.29, 1.82) is 0 Å². The molecule has 2 rings (SSSR count). The summed E-state index contributed by atoms with van der Waals surface area (Å²) in [7, 11) is 0. The Morgan fingerprint density at radius 2 is 1.94 bits per heavy atom. The zero-order valence-corrected chi connectivity index (χ0v) is 8.83. The van der Waals surface area contributed by atoms with Gasteiger partial charge in [0.25, 0.3) is 0 Å². The lowest BCUT2D eigenvalue weighted by Gasteiger charge is -2.11. The minimum absolute atomic E-state index is 0.297. The van der Waals surface area contributed by atoms with Crippen LogP contribution in [-0.4, -0.2) is 20.1 Å². The van der Waals surface area contributed by atoms with E-state index in [1.54, 1.807) is 30.7 Å². The Morgan fingerprint density at radius 3 is 2.62 bits per heavy atom. The van der Waals surface area contributed by atoms with Crippen LogP contribution in [-0.2, 0) is 0 Å². The van der Waals surface area contributed by atoms with Gasteiger partial charge in [-0.25, -0.2) is 15.0 Å². The Balaban J connectivity index is 2.41. The molecule has 1 atom stereocenters. The van der Waals surface area contributed by atoms with Crippen molar-refractivity contribution < 1.29 is 5.11 Å². The van der Waals surface area contributed by atoms with Crippen LogP contribution in [0, 0.1) is 6.92 Å². The third-order valence-electron chi connectivity index (χ3n) is 2.21. The molecule has 0 spiro atoms. The predicted octanol–water partition coefficient (Wildman–Crippen LogP) is 0.844. The van der Waals surface area contributed by atoms with Gasteiger partial charge in [-0.1, -0.05) is 0 Å². The van der Waals surface area contributed by atoms with E-state index in [-0.39, 0.29) is 0 Å². The monoisotopic (exact) mass is 216 g/mol. The Labute approximate surface area is 93.0 Å². The molecule has 0 aromatic carbocycles. The molecule has 0 aliphatic carbocycles. The number of aryl methyl sites for hydroxylation is 1. The number of nitrogens with zero attached hydrogens (tertiary/aromatic N) is 3. The minimum Gasteiger partial charge on any atom is -0.383 e. The molecule has 0 fully saturated rings. The van der Waals surface area contributed by atoms with Gasteiger partial charge >= 0.3 is 0 Å². The van der Waals surface area contributed by atoms with Crippen LogP contribution in [0.1, 0.15) is 23.1 Å². The van der Waals surface area contributed by atoms with Gasteiger partial charge in [0.15, 0.2) is 5.82 Å². The maximum atomic E-state index is 10.1. The first-order valence-electron chi connectivity index (χ1n) is 4.85. The van der Waals surface area contributed by atoms with Crippen molar-refractivity contribution in [3.05, 3.63) is 47.7 Å². The van der Waals surface area contributed by atoms with Gasteiger partial charge in [0.2, 0.25) is 0 Å². The molecule has 0 saturated carbocycles. The molecular formula is C11H12N4O. The topological polar surface area (TPSA) is 84.9 Å². The first-order chi connectivity index (χ1) is 7.68. The number of hydrogen-bond acceptors (Lipinski definition) is 5. The summed E-state index contributed by atoms with van der Waals surface area (Å²) in [6.45, 7) is 1.88. The standard InChI is InChI=1S/C11H12N4O/c1-7-5-8(10(12)15-6-7)9(16)11-13-3-2-4-14-11/h2-6,9,16H,1H3,(H2,12,15). The molecule has 82 valence electrons. The molecule has 5 heteroatoms. The highest BCUT2D eigenvalue weighted by Crippen LogP contribution is 2.23. The average Bonchev–Trinajstić information content (AvgIpc) is 2.32. The summed E-state index contributed by atoms with van der Waals surface area (Å²) in [5.74, 6) is 0.618. The van der Waals surface area contributed by atoms with Crippen LogP contribution in [0.25, 0.3) is 0 Å². The summed E-state index contributed by atoms with van der Waals surface area (Å²) in [4.78, 5) is 12.0. The van der Waals surface area contributed by atoms with Crippen molar-refractivity contribution in [3.63, 3.8) is 0 Å². The van der Waals surface area contributed by atoms with E-state index in [0.717, 1.165) is 5.56 Å². The van der Waals surface area contributed by atoms with Gasteiger partial charge < -0.3 is 10.8 Å². The van der Waals surface area contributed by atoms with Crippen molar-refractivity contribution in [2.75, 3.05) is 5.73 Å². The van der Waals surface area contributed by atoms with Crippen molar-refractivity contribution >= 4 is 5.82 Å². The quantitative estimate of drug-likeness (QED) is 0.777. The van der Waals surface area contributed by atoms with Crippen LogP contribution in [0.3, 0.4) is 0 Å². The summed E-state index contributed by atoms with van der Waals surface area (Å²) in [6, 6.07) is 3.47. The van der Waals surface area contributed by atoms with Gasteiger partial charge in [0.1, 0.15) is 11.9 Å². The summed E-state index contributed by atoms with van der Waals surface area (Å²) >= 11 is 0. The Hall–Kier alpha value is -2.01. The maximum absolute atomic E-state index is 10.1. The number of anilines is 1. The van der Waals surface area contributed by atoms with Crippen molar-refractivity contribution in [1.82, 2.24) is 15.0 Å². The number of aromatic nitrogens is 3. The van der Waals surface area contributed by atoms with Gasteiger partial charge in [-0.05, 0) is 24.6 Å². The fraction of sp³-hybridized carbons (Fsp3) is 0.182. The molecule has 5 nitrogen and oxygen atoms in total. The Morgan fingerprint density at radius 1 is 1.25 bits per heavy atom. The molecule has 2 aromatic rings. The molecule has 0 radical (unpaired) electrons. The van der Waals surface area contributed by atoms with Gasteiger partial charge in [-0.15, -0.1) is 0 Å². The molecule has 0 aliphatic heterocycles. The number of aliphatic hydroxyl groups excluding tert-OH is 1. The summed E-state index contributed by atoms with van der Waals surface area (Å²) in [5.41, 5.74) is 7.16. The van der Waals surface area contributed by atoms with E-state index in [1.807, 2.05) is 6.92 Å². The number of nitrogen functional groups attached to an aromatic ring is 1. The zero-order chi connectivity index (χ0) is 11.5. The van der Waals surface area contributed by atoms with Crippen LogP contribution in [0.15, 0.2) is 30.7 Å². The van der Waals surface area contributed by atoms with Crippen molar-refractivity contribution in [2.24, 2.45) is 0 Å². The van der Waals surface area contributed by atoms with Gasteiger partial charge in [-0.2, -0.15) is 0 Å². The van der Waals surface area contributed by atoms with Crippen LogP contribution < -0.4 is 5.73 Å². The molecular weight excluding hydrogens is 204 g/mol. The van der Waals surface area contributed by atoms with E-state index < -0.39 is 6.10 Å². The molecule has 0 saturated heterocycles. The summed E-state index contributed by atoms with van der Waals surface area (Å²) in [5, 5.41) is 10.1. The second kappa shape index (κ2) is 4.24. The lowest BCUT2D eigenvalue weighted by atomic mass is 10.1. The minimum atomic E-state index is -0.936. The van der Waals surface area contributed by atoms with Gasteiger partial charge in [-0.3, -0.25) is 0 Å². The highest BCUT2D eigenvalue weighted by atomic mass is 16.3. The molecule has 0 bridgehead atoms. The maximum Gasteiger partial charge on any atom is 0.161 e. The third kappa shape index (κ3) is 1.99. The van der Waals surface area contributed by atoms with E-state index in [1.165, 1.54) is 0 Å². The highest BCUT2D eigenvalue weighted by Gasteiger charge is 2.16. The van der Waals surface area contributed by atoms with E-state index in [9.17, 15) is 5.11 Å². The number of aliphatic hydroxyl groups is 1. The number of pyridine rings is 1. The SMILES string of the molecule is Cc1cnc(N)c(C(O)c2ncccn2)c1. The van der Waals surface area contributed by atoms with E-state index >= 15 is 0 Å². The van der Waals surface area contributed by atoms with Gasteiger partial charge in [0.05, 0.1) is 0 Å². The van der Waals surface area contributed by atoms with E-state index in [2.05, 4.69) is 15.0 Å².